The minimum Gasteiger partial charge on any atom is -0.330 e. The summed E-state index contributed by atoms with van der Waals surface area (Å²) in [5.74, 6) is -0.520. The number of nitrogens with two attached hydrogens (primary N) is 1. The van der Waals surface area contributed by atoms with Crippen LogP contribution in [0.2, 0.25) is 0 Å². The van der Waals surface area contributed by atoms with Crippen LogP contribution >= 0.6 is 0 Å². The largest absolute Gasteiger partial charge is 0.330 e. The van der Waals surface area contributed by atoms with Crippen molar-refractivity contribution < 1.29 is 16.8 Å². The quantitative estimate of drug-likeness (QED) is 0.637. The summed E-state index contributed by atoms with van der Waals surface area (Å²) < 4.78 is 45.2. The van der Waals surface area contributed by atoms with Crippen LogP contribution in [0.15, 0.2) is 0 Å². The molecule has 0 bridgehead atoms. The molecule has 0 heterocycles. The van der Waals surface area contributed by atoms with Gasteiger partial charge in [0.2, 0.25) is 0 Å². The molecule has 0 radical (unpaired) electrons. The summed E-state index contributed by atoms with van der Waals surface area (Å²) in [4.78, 5) is 0. The maximum atomic E-state index is 11.3. The Morgan fingerprint density at radius 3 is 1.73 bits per heavy atom. The lowest BCUT2D eigenvalue weighted by molar-refractivity contribution is 0.585. The molecule has 0 fully saturated rings. The SMILES string of the molecule is CCCS(=O)(=O)CCS(=O)(=O)CCCN. The topological polar surface area (TPSA) is 94.3 Å². The Labute approximate surface area is 91.9 Å². The second kappa shape index (κ2) is 6.44. The van der Waals surface area contributed by atoms with Crippen molar-refractivity contribution in [2.75, 3.05) is 29.6 Å². The Balaban J connectivity index is 4.15. The third-order valence-corrected chi connectivity index (χ3v) is 5.73. The summed E-state index contributed by atoms with van der Waals surface area (Å²) in [5.41, 5.74) is 5.18. The lowest BCUT2D eigenvalue weighted by Gasteiger charge is -2.04. The minimum atomic E-state index is -3.25. The van der Waals surface area contributed by atoms with Gasteiger partial charge in [-0.15, -0.1) is 0 Å². The van der Waals surface area contributed by atoms with E-state index in [4.69, 9.17) is 5.73 Å². The van der Waals surface area contributed by atoms with Crippen LogP contribution in [0.1, 0.15) is 19.8 Å². The zero-order valence-electron chi connectivity index (χ0n) is 8.98. The van der Waals surface area contributed by atoms with E-state index in [1.54, 1.807) is 6.92 Å². The molecule has 0 rings (SSSR count). The van der Waals surface area contributed by atoms with Crippen molar-refractivity contribution in [2.24, 2.45) is 5.73 Å². The second-order valence-electron chi connectivity index (χ2n) is 3.45. The molecule has 0 aliphatic carbocycles. The molecular formula is C8H19NO4S2. The van der Waals surface area contributed by atoms with Crippen LogP contribution in [0.5, 0.6) is 0 Å². The van der Waals surface area contributed by atoms with Gasteiger partial charge in [-0.1, -0.05) is 6.92 Å². The molecule has 92 valence electrons. The summed E-state index contributed by atoms with van der Waals surface area (Å²) in [6, 6.07) is 0. The predicted octanol–water partition coefficient (Wildman–Crippen LogP) is -0.425. The highest BCUT2D eigenvalue weighted by Crippen LogP contribution is 1.99. The van der Waals surface area contributed by atoms with Crippen molar-refractivity contribution in [2.45, 2.75) is 19.8 Å². The van der Waals surface area contributed by atoms with E-state index in [1.165, 1.54) is 0 Å². The predicted molar refractivity (Wildman–Crippen MR) is 61.3 cm³/mol. The van der Waals surface area contributed by atoms with Crippen molar-refractivity contribution in [1.29, 1.82) is 0 Å². The zero-order chi connectivity index (χ0) is 11.9. The first kappa shape index (κ1) is 14.9. The van der Waals surface area contributed by atoms with Crippen LogP contribution in [0.3, 0.4) is 0 Å². The van der Waals surface area contributed by atoms with Crippen LogP contribution in [0.25, 0.3) is 0 Å². The van der Waals surface area contributed by atoms with E-state index in [2.05, 4.69) is 0 Å². The summed E-state index contributed by atoms with van der Waals surface area (Å²) in [7, 11) is -6.45. The molecule has 0 aromatic carbocycles. The maximum Gasteiger partial charge on any atom is 0.151 e. The van der Waals surface area contributed by atoms with Crippen LogP contribution in [-0.2, 0) is 19.7 Å². The van der Waals surface area contributed by atoms with Gasteiger partial charge in [0.1, 0.15) is 0 Å². The highest BCUT2D eigenvalue weighted by atomic mass is 32.2. The van der Waals surface area contributed by atoms with Crippen molar-refractivity contribution in [1.82, 2.24) is 0 Å². The van der Waals surface area contributed by atoms with Crippen LogP contribution < -0.4 is 5.73 Å². The summed E-state index contributed by atoms with van der Waals surface area (Å²) in [5, 5.41) is 0. The molecule has 0 saturated heterocycles. The molecule has 0 aromatic heterocycles. The van der Waals surface area contributed by atoms with Gasteiger partial charge in [0.05, 0.1) is 17.3 Å². The Morgan fingerprint density at radius 2 is 1.33 bits per heavy atom. The Kier molecular flexibility index (Phi) is 6.38. The van der Waals surface area contributed by atoms with Crippen molar-refractivity contribution in [3.63, 3.8) is 0 Å². The average Bonchev–Trinajstić information content (AvgIpc) is 2.12. The first-order valence-electron chi connectivity index (χ1n) is 4.94. The van der Waals surface area contributed by atoms with Crippen LogP contribution in [0.4, 0.5) is 0 Å². The molecule has 0 spiro atoms. The Hall–Kier alpha value is -0.140. The molecule has 0 aromatic rings. The number of hydrogen-bond donors (Lipinski definition) is 1. The third-order valence-electron chi connectivity index (χ3n) is 1.88. The highest BCUT2D eigenvalue weighted by Gasteiger charge is 2.16. The van der Waals surface area contributed by atoms with E-state index >= 15 is 0 Å². The van der Waals surface area contributed by atoms with Gasteiger partial charge >= 0.3 is 0 Å². The van der Waals surface area contributed by atoms with E-state index in [0.29, 0.717) is 19.4 Å². The van der Waals surface area contributed by atoms with Crippen LogP contribution in [-0.4, -0.2) is 46.4 Å². The molecule has 15 heavy (non-hydrogen) atoms. The molecule has 0 aliphatic heterocycles. The zero-order valence-corrected chi connectivity index (χ0v) is 10.6. The number of hydrogen-bond acceptors (Lipinski definition) is 5. The van der Waals surface area contributed by atoms with E-state index in [-0.39, 0.29) is 23.0 Å². The van der Waals surface area contributed by atoms with Gasteiger partial charge in [0, 0.05) is 5.75 Å². The van der Waals surface area contributed by atoms with E-state index in [9.17, 15) is 16.8 Å². The van der Waals surface area contributed by atoms with Gasteiger partial charge in [0.25, 0.3) is 0 Å². The van der Waals surface area contributed by atoms with Crippen molar-refractivity contribution >= 4 is 19.7 Å². The van der Waals surface area contributed by atoms with Gasteiger partial charge in [-0.2, -0.15) is 0 Å². The maximum absolute atomic E-state index is 11.3. The number of rotatable bonds is 8. The average molecular weight is 257 g/mol. The highest BCUT2D eigenvalue weighted by molar-refractivity contribution is 7.95. The molecule has 7 heteroatoms. The van der Waals surface area contributed by atoms with E-state index in [0.717, 1.165) is 0 Å². The van der Waals surface area contributed by atoms with Crippen molar-refractivity contribution in [3.8, 4) is 0 Å². The van der Waals surface area contributed by atoms with Crippen molar-refractivity contribution in [3.05, 3.63) is 0 Å². The molecule has 5 nitrogen and oxygen atoms in total. The number of sulfone groups is 2. The summed E-state index contributed by atoms with van der Waals surface area (Å²) in [6.07, 6.45) is 0.904. The fraction of sp³-hybridized carbons (Fsp3) is 1.00. The fourth-order valence-corrected chi connectivity index (χ4v) is 4.74. The third kappa shape index (κ3) is 7.75. The molecule has 0 aliphatic rings. The monoisotopic (exact) mass is 257 g/mol. The lowest BCUT2D eigenvalue weighted by Crippen LogP contribution is -2.22. The van der Waals surface area contributed by atoms with Gasteiger partial charge in [-0.05, 0) is 19.4 Å². The Morgan fingerprint density at radius 1 is 0.867 bits per heavy atom. The first-order chi connectivity index (χ1) is 6.83. The van der Waals surface area contributed by atoms with Gasteiger partial charge in [-0.3, -0.25) is 0 Å². The normalized spacial score (nSPS) is 12.9. The molecule has 0 amide bonds. The van der Waals surface area contributed by atoms with Crippen LogP contribution in [0, 0.1) is 0 Å². The minimum absolute atomic E-state index is 0.0227. The molecule has 0 unspecified atom stereocenters. The van der Waals surface area contributed by atoms with Gasteiger partial charge in [0.15, 0.2) is 19.7 Å². The smallest absolute Gasteiger partial charge is 0.151 e. The fourth-order valence-electron chi connectivity index (χ4n) is 1.07. The van der Waals surface area contributed by atoms with E-state index in [1.807, 2.05) is 0 Å². The first-order valence-corrected chi connectivity index (χ1v) is 8.58. The summed E-state index contributed by atoms with van der Waals surface area (Å²) >= 11 is 0. The Bertz CT molecular complexity index is 358. The second-order valence-corrected chi connectivity index (χ2v) is 8.05. The molecule has 0 atom stereocenters. The standard InChI is InChI=1S/C8H19NO4S2/c1-2-5-14(10,11)7-8-15(12,13)6-3-4-9/h2-9H2,1H3. The van der Waals surface area contributed by atoms with Gasteiger partial charge < -0.3 is 5.73 Å². The van der Waals surface area contributed by atoms with E-state index < -0.39 is 19.7 Å². The molecule has 2 N–H and O–H groups in total. The molecular weight excluding hydrogens is 238 g/mol. The van der Waals surface area contributed by atoms with Gasteiger partial charge in [-0.25, -0.2) is 16.8 Å². The lowest BCUT2D eigenvalue weighted by atomic mass is 10.5. The summed E-state index contributed by atoms with van der Waals surface area (Å²) in [6.45, 7) is 2.06. The molecule has 0 saturated carbocycles.